The number of aliphatic hydroxyl groups excluding tert-OH is 1. The number of carbonyl (C=O) groups is 2. The SMILES string of the molecule is CC(O)CC(=O)O[C@H]1C[C@H]2CCN(C)[C@H]2[C@@H]2c3cc4c(cc3C(=O)O[C@H]21)OCO4. The Labute approximate surface area is 168 Å². The van der Waals surface area contributed by atoms with Crippen molar-refractivity contribution in [1.82, 2.24) is 4.90 Å². The molecule has 0 amide bonds. The second-order valence-corrected chi connectivity index (χ2v) is 8.53. The molecule has 1 saturated heterocycles. The highest BCUT2D eigenvalue weighted by Gasteiger charge is 2.55. The largest absolute Gasteiger partial charge is 0.458 e. The predicted octanol–water partition coefficient (Wildman–Crippen LogP) is 1.44. The number of benzene rings is 1. The van der Waals surface area contributed by atoms with E-state index in [1.165, 1.54) is 0 Å². The van der Waals surface area contributed by atoms with Crippen molar-refractivity contribution < 1.29 is 33.6 Å². The van der Waals surface area contributed by atoms with Crippen LogP contribution in [0.25, 0.3) is 0 Å². The molecule has 3 heterocycles. The van der Waals surface area contributed by atoms with Gasteiger partial charge in [0.05, 0.1) is 18.1 Å². The standard InChI is InChI=1S/C21H25NO7/c1-10(23)5-17(24)28-16-6-11-3-4-22(2)19(11)18-12-7-14-15(27-9-26-14)8-13(12)21(25)29-20(16)18/h7-8,10-11,16,18-20,23H,3-6,9H2,1-2H3/t10?,11-,16+,18+,19-,20+/m1/s1. The highest BCUT2D eigenvalue weighted by Crippen LogP contribution is 2.51. The van der Waals surface area contributed by atoms with E-state index in [0.717, 1.165) is 18.5 Å². The van der Waals surface area contributed by atoms with Gasteiger partial charge >= 0.3 is 11.9 Å². The maximum absolute atomic E-state index is 12.8. The van der Waals surface area contributed by atoms with E-state index in [1.807, 2.05) is 6.07 Å². The lowest BCUT2D eigenvalue weighted by molar-refractivity contribution is -0.165. The molecule has 1 aromatic carbocycles. The van der Waals surface area contributed by atoms with Crippen molar-refractivity contribution in [3.05, 3.63) is 23.3 Å². The fourth-order valence-corrected chi connectivity index (χ4v) is 5.41. The average Bonchev–Trinajstić information content (AvgIpc) is 3.26. The van der Waals surface area contributed by atoms with Gasteiger partial charge in [0.2, 0.25) is 6.79 Å². The van der Waals surface area contributed by atoms with Crippen LogP contribution < -0.4 is 9.47 Å². The number of carbonyl (C=O) groups excluding carboxylic acids is 2. The van der Waals surface area contributed by atoms with Crippen LogP contribution >= 0.6 is 0 Å². The summed E-state index contributed by atoms with van der Waals surface area (Å²) < 4.78 is 22.6. The molecule has 3 aliphatic heterocycles. The number of rotatable bonds is 3. The quantitative estimate of drug-likeness (QED) is 0.758. The van der Waals surface area contributed by atoms with Crippen LogP contribution in [0.5, 0.6) is 11.5 Å². The van der Waals surface area contributed by atoms with Gasteiger partial charge in [-0.25, -0.2) is 4.79 Å². The molecule has 0 aromatic heterocycles. The summed E-state index contributed by atoms with van der Waals surface area (Å²) in [5, 5.41) is 9.51. The molecule has 1 aromatic rings. The summed E-state index contributed by atoms with van der Waals surface area (Å²) in [4.78, 5) is 27.4. The number of ether oxygens (including phenoxy) is 4. The van der Waals surface area contributed by atoms with Gasteiger partial charge in [-0.15, -0.1) is 0 Å². The first-order valence-electron chi connectivity index (χ1n) is 10.1. The van der Waals surface area contributed by atoms with E-state index in [1.54, 1.807) is 13.0 Å². The van der Waals surface area contributed by atoms with Crippen LogP contribution in [0, 0.1) is 5.92 Å². The molecular weight excluding hydrogens is 378 g/mol. The lowest BCUT2D eigenvalue weighted by Gasteiger charge is -2.48. The van der Waals surface area contributed by atoms with Crippen LogP contribution in [0.1, 0.15) is 48.0 Å². The van der Waals surface area contributed by atoms with Crippen molar-refractivity contribution in [2.24, 2.45) is 5.92 Å². The third-order valence-corrected chi connectivity index (χ3v) is 6.58. The third kappa shape index (κ3) is 3.05. The zero-order chi connectivity index (χ0) is 20.3. The number of likely N-dealkylation sites (N-methyl/N-ethyl adjacent to an activating group) is 1. The van der Waals surface area contributed by atoms with E-state index < -0.39 is 30.3 Å². The minimum Gasteiger partial charge on any atom is -0.458 e. The number of hydrogen-bond acceptors (Lipinski definition) is 8. The van der Waals surface area contributed by atoms with Crippen molar-refractivity contribution in [3.63, 3.8) is 0 Å². The van der Waals surface area contributed by atoms with Gasteiger partial charge in [-0.3, -0.25) is 4.79 Å². The third-order valence-electron chi connectivity index (χ3n) is 6.58. The summed E-state index contributed by atoms with van der Waals surface area (Å²) in [6, 6.07) is 3.78. The predicted molar refractivity (Wildman–Crippen MR) is 99.8 cm³/mol. The lowest BCUT2D eigenvalue weighted by atomic mass is 9.69. The van der Waals surface area contributed by atoms with E-state index in [2.05, 4.69) is 11.9 Å². The summed E-state index contributed by atoms with van der Waals surface area (Å²) in [6.07, 6.45) is -0.291. The Hall–Kier alpha value is -2.32. The van der Waals surface area contributed by atoms with Gasteiger partial charge in [0, 0.05) is 12.0 Å². The normalized spacial score (nSPS) is 33.3. The number of hydrogen-bond donors (Lipinski definition) is 1. The molecule has 1 unspecified atom stereocenters. The number of fused-ring (bicyclic) bond motifs is 6. The van der Waals surface area contributed by atoms with Crippen LogP contribution in [0.4, 0.5) is 0 Å². The highest BCUT2D eigenvalue weighted by molar-refractivity contribution is 5.94. The van der Waals surface area contributed by atoms with E-state index >= 15 is 0 Å². The summed E-state index contributed by atoms with van der Waals surface area (Å²) in [7, 11) is 2.09. The Morgan fingerprint density at radius 2 is 2.10 bits per heavy atom. The van der Waals surface area contributed by atoms with E-state index in [-0.39, 0.29) is 25.2 Å². The van der Waals surface area contributed by atoms with Gasteiger partial charge in [0.15, 0.2) is 11.5 Å². The molecular formula is C21H25NO7. The number of esters is 2. The number of aliphatic hydroxyl groups is 1. The molecule has 2 fully saturated rings. The first kappa shape index (κ1) is 18.7. The maximum Gasteiger partial charge on any atom is 0.338 e. The van der Waals surface area contributed by atoms with Gasteiger partial charge in [0.25, 0.3) is 0 Å². The second kappa shape index (κ2) is 6.88. The molecule has 1 aliphatic carbocycles. The van der Waals surface area contributed by atoms with Crippen LogP contribution in [0.15, 0.2) is 12.1 Å². The molecule has 5 rings (SSSR count). The summed E-state index contributed by atoms with van der Waals surface area (Å²) in [5.41, 5.74) is 1.36. The lowest BCUT2D eigenvalue weighted by Crippen LogP contribution is -2.55. The fraction of sp³-hybridized carbons (Fsp3) is 0.619. The monoisotopic (exact) mass is 403 g/mol. The average molecular weight is 403 g/mol. The van der Waals surface area contributed by atoms with Crippen molar-refractivity contribution in [3.8, 4) is 11.5 Å². The maximum atomic E-state index is 12.8. The second-order valence-electron chi connectivity index (χ2n) is 8.53. The topological polar surface area (TPSA) is 94.5 Å². The molecule has 1 N–H and O–H groups in total. The van der Waals surface area contributed by atoms with Crippen LogP contribution in [0.2, 0.25) is 0 Å². The first-order chi connectivity index (χ1) is 13.9. The molecule has 1 saturated carbocycles. The van der Waals surface area contributed by atoms with Crippen LogP contribution in [-0.2, 0) is 14.3 Å². The fourth-order valence-electron chi connectivity index (χ4n) is 5.41. The van der Waals surface area contributed by atoms with Gasteiger partial charge in [0.1, 0.15) is 12.2 Å². The van der Waals surface area contributed by atoms with Crippen molar-refractivity contribution >= 4 is 11.9 Å². The minimum absolute atomic E-state index is 0.0783. The van der Waals surface area contributed by atoms with Crippen molar-refractivity contribution in [2.75, 3.05) is 20.4 Å². The summed E-state index contributed by atoms with van der Waals surface area (Å²) >= 11 is 0. The van der Waals surface area contributed by atoms with Crippen molar-refractivity contribution in [1.29, 1.82) is 0 Å². The molecule has 6 atom stereocenters. The molecule has 8 nitrogen and oxygen atoms in total. The van der Waals surface area contributed by atoms with Crippen LogP contribution in [-0.4, -0.2) is 66.7 Å². The summed E-state index contributed by atoms with van der Waals surface area (Å²) in [5.74, 6) is 0.485. The Bertz CT molecular complexity index is 854. The molecule has 0 bridgehead atoms. The van der Waals surface area contributed by atoms with Gasteiger partial charge in [-0.1, -0.05) is 0 Å². The zero-order valence-corrected chi connectivity index (χ0v) is 16.5. The first-order valence-corrected chi connectivity index (χ1v) is 10.1. The summed E-state index contributed by atoms with van der Waals surface area (Å²) in [6.45, 7) is 2.63. The Morgan fingerprint density at radius 1 is 1.34 bits per heavy atom. The molecule has 0 radical (unpaired) electrons. The smallest absolute Gasteiger partial charge is 0.338 e. The zero-order valence-electron chi connectivity index (χ0n) is 16.5. The van der Waals surface area contributed by atoms with E-state index in [0.29, 0.717) is 29.4 Å². The Balaban J connectivity index is 1.54. The van der Waals surface area contributed by atoms with Crippen LogP contribution in [0.3, 0.4) is 0 Å². The Kier molecular flexibility index (Phi) is 4.43. The number of nitrogens with zero attached hydrogens (tertiary/aromatic N) is 1. The minimum atomic E-state index is -0.776. The molecule has 156 valence electrons. The molecule has 29 heavy (non-hydrogen) atoms. The van der Waals surface area contributed by atoms with E-state index in [4.69, 9.17) is 18.9 Å². The van der Waals surface area contributed by atoms with Gasteiger partial charge in [-0.05, 0) is 57.0 Å². The molecule has 0 spiro atoms. The van der Waals surface area contributed by atoms with Gasteiger partial charge < -0.3 is 29.0 Å². The highest BCUT2D eigenvalue weighted by atomic mass is 16.7. The van der Waals surface area contributed by atoms with Gasteiger partial charge in [-0.2, -0.15) is 0 Å². The van der Waals surface area contributed by atoms with E-state index in [9.17, 15) is 14.7 Å². The number of likely N-dealkylation sites (tertiary alicyclic amines) is 1. The molecule has 8 heteroatoms. The van der Waals surface area contributed by atoms with Crippen molar-refractivity contribution in [2.45, 2.75) is 56.5 Å². The molecule has 4 aliphatic rings. The Morgan fingerprint density at radius 3 is 2.86 bits per heavy atom.